The molecule has 3 aliphatic rings. The highest BCUT2D eigenvalue weighted by Gasteiger charge is 2.41. The van der Waals surface area contributed by atoms with Crippen molar-refractivity contribution in [2.45, 2.75) is 75.5 Å². The van der Waals surface area contributed by atoms with E-state index < -0.39 is 0 Å². The van der Waals surface area contributed by atoms with Gasteiger partial charge < -0.3 is 10.5 Å². The van der Waals surface area contributed by atoms with Gasteiger partial charge in [-0.2, -0.15) is 11.8 Å². The molecule has 1 saturated carbocycles. The van der Waals surface area contributed by atoms with Gasteiger partial charge in [0, 0.05) is 18.7 Å². The van der Waals surface area contributed by atoms with E-state index in [-0.39, 0.29) is 5.60 Å². The van der Waals surface area contributed by atoms with Crippen molar-refractivity contribution >= 4 is 11.8 Å². The van der Waals surface area contributed by atoms with Crippen molar-refractivity contribution in [1.29, 1.82) is 0 Å². The first-order valence-electron chi connectivity index (χ1n) is 9.00. The van der Waals surface area contributed by atoms with Crippen LogP contribution in [0.1, 0.15) is 57.8 Å². The number of thioether (sulfide) groups is 1. The number of nitrogens with zero attached hydrogens (tertiary/aromatic N) is 1. The van der Waals surface area contributed by atoms with Gasteiger partial charge in [-0.05, 0) is 69.5 Å². The minimum absolute atomic E-state index is 0.216. The zero-order valence-corrected chi connectivity index (χ0v) is 14.2. The van der Waals surface area contributed by atoms with Gasteiger partial charge in [-0.25, -0.2) is 0 Å². The van der Waals surface area contributed by atoms with Crippen LogP contribution in [0.4, 0.5) is 0 Å². The molecular formula is C17H32N2OS. The molecule has 0 aromatic heterocycles. The first-order chi connectivity index (χ1) is 10.3. The first kappa shape index (κ1) is 16.1. The van der Waals surface area contributed by atoms with Gasteiger partial charge in [-0.1, -0.05) is 12.8 Å². The van der Waals surface area contributed by atoms with Gasteiger partial charge in [0.25, 0.3) is 0 Å². The minimum Gasteiger partial charge on any atom is -0.375 e. The molecule has 1 unspecified atom stereocenters. The monoisotopic (exact) mass is 312 g/mol. The number of ether oxygens (including phenoxy) is 1. The molecule has 3 rings (SSSR count). The average molecular weight is 313 g/mol. The summed E-state index contributed by atoms with van der Waals surface area (Å²) in [5, 5.41) is 0. The van der Waals surface area contributed by atoms with Crippen LogP contribution in [0.15, 0.2) is 0 Å². The van der Waals surface area contributed by atoms with Crippen molar-refractivity contribution in [3.05, 3.63) is 0 Å². The molecule has 3 nitrogen and oxygen atoms in total. The van der Waals surface area contributed by atoms with E-state index in [1.54, 1.807) is 0 Å². The van der Waals surface area contributed by atoms with Gasteiger partial charge in [0.2, 0.25) is 0 Å². The summed E-state index contributed by atoms with van der Waals surface area (Å²) in [6.45, 7) is 3.01. The fourth-order valence-corrected chi connectivity index (χ4v) is 5.79. The molecule has 0 amide bonds. The molecule has 3 fully saturated rings. The zero-order valence-electron chi connectivity index (χ0n) is 13.4. The highest BCUT2D eigenvalue weighted by Crippen LogP contribution is 2.40. The van der Waals surface area contributed by atoms with E-state index in [0.29, 0.717) is 0 Å². The van der Waals surface area contributed by atoms with Gasteiger partial charge in [0.15, 0.2) is 0 Å². The summed E-state index contributed by atoms with van der Waals surface area (Å²) >= 11 is 2.10. The van der Waals surface area contributed by atoms with Crippen LogP contribution in [0.5, 0.6) is 0 Å². The highest BCUT2D eigenvalue weighted by atomic mass is 32.2. The summed E-state index contributed by atoms with van der Waals surface area (Å²) in [7, 11) is 0. The van der Waals surface area contributed by atoms with Crippen molar-refractivity contribution in [3.8, 4) is 0 Å². The highest BCUT2D eigenvalue weighted by molar-refractivity contribution is 7.99. The third-order valence-corrected chi connectivity index (χ3v) is 6.74. The molecule has 2 N–H and O–H groups in total. The second-order valence-corrected chi connectivity index (χ2v) is 8.33. The lowest BCUT2D eigenvalue weighted by molar-refractivity contribution is -0.115. The predicted octanol–water partition coefficient (Wildman–Crippen LogP) is 3.02. The van der Waals surface area contributed by atoms with Crippen LogP contribution < -0.4 is 5.73 Å². The Morgan fingerprint density at radius 2 is 1.86 bits per heavy atom. The molecule has 1 spiro atoms. The zero-order chi connectivity index (χ0) is 14.5. The summed E-state index contributed by atoms with van der Waals surface area (Å²) < 4.78 is 6.29. The van der Waals surface area contributed by atoms with E-state index >= 15 is 0 Å². The quantitative estimate of drug-likeness (QED) is 0.847. The standard InChI is InChI=1S/C17H32N2OS/c18-9-3-10-19(15-4-1-2-5-15)16-6-11-20-17(14-16)7-12-21-13-8-17/h15-16H,1-14,18H2. The van der Waals surface area contributed by atoms with E-state index in [1.165, 1.54) is 69.4 Å². The van der Waals surface area contributed by atoms with Gasteiger partial charge in [-0.3, -0.25) is 4.90 Å². The molecule has 0 aromatic rings. The Balaban J connectivity index is 1.65. The van der Waals surface area contributed by atoms with Crippen molar-refractivity contribution in [2.75, 3.05) is 31.2 Å². The van der Waals surface area contributed by atoms with Gasteiger partial charge >= 0.3 is 0 Å². The SMILES string of the molecule is NCCCN(C1CCCC1)C1CCOC2(CCSCC2)C1. The smallest absolute Gasteiger partial charge is 0.0713 e. The van der Waals surface area contributed by atoms with Crippen molar-refractivity contribution in [1.82, 2.24) is 4.90 Å². The fraction of sp³-hybridized carbons (Fsp3) is 1.00. The average Bonchev–Trinajstić information content (AvgIpc) is 3.03. The normalized spacial score (nSPS) is 30.3. The van der Waals surface area contributed by atoms with E-state index in [0.717, 1.165) is 31.7 Å². The molecule has 122 valence electrons. The van der Waals surface area contributed by atoms with Gasteiger partial charge in [-0.15, -0.1) is 0 Å². The topological polar surface area (TPSA) is 38.5 Å². The number of nitrogens with two attached hydrogens (primary N) is 1. The van der Waals surface area contributed by atoms with E-state index in [2.05, 4.69) is 16.7 Å². The predicted molar refractivity (Wildman–Crippen MR) is 90.9 cm³/mol. The molecule has 0 aromatic carbocycles. The number of hydrogen-bond donors (Lipinski definition) is 1. The summed E-state index contributed by atoms with van der Waals surface area (Å²) in [5.41, 5.74) is 6.00. The third kappa shape index (κ3) is 3.95. The summed E-state index contributed by atoms with van der Waals surface area (Å²) in [6, 6.07) is 1.58. The largest absolute Gasteiger partial charge is 0.375 e. The lowest BCUT2D eigenvalue weighted by Crippen LogP contribution is -2.53. The van der Waals surface area contributed by atoms with Crippen LogP contribution >= 0.6 is 11.8 Å². The Hall–Kier alpha value is 0.230. The van der Waals surface area contributed by atoms with Crippen molar-refractivity contribution in [3.63, 3.8) is 0 Å². The Morgan fingerprint density at radius 1 is 1.10 bits per heavy atom. The maximum atomic E-state index is 6.29. The maximum Gasteiger partial charge on any atom is 0.0713 e. The van der Waals surface area contributed by atoms with Crippen molar-refractivity contribution < 1.29 is 4.74 Å². The summed E-state index contributed by atoms with van der Waals surface area (Å²) in [6.07, 6.45) is 11.9. The molecule has 21 heavy (non-hydrogen) atoms. The molecule has 1 atom stereocenters. The van der Waals surface area contributed by atoms with Gasteiger partial charge in [0.1, 0.15) is 0 Å². The van der Waals surface area contributed by atoms with Crippen LogP contribution in [-0.4, -0.2) is 53.8 Å². The van der Waals surface area contributed by atoms with Crippen LogP contribution in [0.3, 0.4) is 0 Å². The lowest BCUT2D eigenvalue weighted by atomic mass is 9.84. The molecule has 0 radical (unpaired) electrons. The first-order valence-corrected chi connectivity index (χ1v) is 10.2. The molecule has 2 aliphatic heterocycles. The van der Waals surface area contributed by atoms with E-state index in [9.17, 15) is 0 Å². The maximum absolute atomic E-state index is 6.29. The molecule has 4 heteroatoms. The number of rotatable bonds is 5. The lowest BCUT2D eigenvalue weighted by Gasteiger charge is -2.48. The molecular weight excluding hydrogens is 280 g/mol. The Kier molecular flexibility index (Phi) is 5.88. The molecule has 0 bridgehead atoms. The number of hydrogen-bond acceptors (Lipinski definition) is 4. The molecule has 1 aliphatic carbocycles. The minimum atomic E-state index is 0.216. The second-order valence-electron chi connectivity index (χ2n) is 7.11. The van der Waals surface area contributed by atoms with Gasteiger partial charge in [0.05, 0.1) is 5.60 Å². The van der Waals surface area contributed by atoms with Crippen LogP contribution in [0, 0.1) is 0 Å². The van der Waals surface area contributed by atoms with E-state index in [4.69, 9.17) is 10.5 Å². The Bertz CT molecular complexity index is 308. The summed E-state index contributed by atoms with van der Waals surface area (Å²) in [4.78, 5) is 2.84. The second kappa shape index (κ2) is 7.67. The van der Waals surface area contributed by atoms with Crippen molar-refractivity contribution in [2.24, 2.45) is 5.73 Å². The van der Waals surface area contributed by atoms with Crippen LogP contribution in [-0.2, 0) is 4.74 Å². The van der Waals surface area contributed by atoms with E-state index in [1.807, 2.05) is 0 Å². The Labute approximate surface area is 134 Å². The molecule has 2 saturated heterocycles. The third-order valence-electron chi connectivity index (χ3n) is 5.75. The van der Waals surface area contributed by atoms with Crippen LogP contribution in [0.25, 0.3) is 0 Å². The van der Waals surface area contributed by atoms with Crippen LogP contribution in [0.2, 0.25) is 0 Å². The fourth-order valence-electron chi connectivity index (χ4n) is 4.55. The molecule has 2 heterocycles. The Morgan fingerprint density at radius 3 is 2.57 bits per heavy atom. The summed E-state index contributed by atoms with van der Waals surface area (Å²) in [5.74, 6) is 2.58.